The summed E-state index contributed by atoms with van der Waals surface area (Å²) in [7, 11) is 1.54. The molecule has 1 atom stereocenters. The highest BCUT2D eigenvalue weighted by Gasteiger charge is 2.24. The van der Waals surface area contributed by atoms with E-state index in [1.807, 2.05) is 0 Å². The van der Waals surface area contributed by atoms with Crippen LogP contribution in [-0.4, -0.2) is 43.6 Å². The number of carbonyl (C=O) groups is 1. The fraction of sp³-hybridized carbons (Fsp3) is 0.562. The second-order valence-electron chi connectivity index (χ2n) is 5.80. The number of carbonyl (C=O) groups excluding carboxylic acids is 1. The van der Waals surface area contributed by atoms with Gasteiger partial charge in [-0.3, -0.25) is 4.79 Å². The van der Waals surface area contributed by atoms with Gasteiger partial charge in [0.05, 0.1) is 12.7 Å². The van der Waals surface area contributed by atoms with Crippen molar-refractivity contribution in [2.24, 2.45) is 5.92 Å². The van der Waals surface area contributed by atoms with Gasteiger partial charge in [-0.25, -0.2) is 0 Å². The summed E-state index contributed by atoms with van der Waals surface area (Å²) in [5.74, 6) is 0.927. The number of benzene rings is 1. The van der Waals surface area contributed by atoms with Crippen molar-refractivity contribution in [3.8, 4) is 5.75 Å². The first-order chi connectivity index (χ1) is 10.0. The smallest absolute Gasteiger partial charge is 0.255 e. The summed E-state index contributed by atoms with van der Waals surface area (Å²) in [4.78, 5) is 14.7. The van der Waals surface area contributed by atoms with Crippen molar-refractivity contribution in [3.63, 3.8) is 0 Å². The molecule has 0 unspecified atom stereocenters. The van der Waals surface area contributed by atoms with E-state index in [9.17, 15) is 4.79 Å². The predicted octanol–water partition coefficient (Wildman–Crippen LogP) is 2.81. The molecule has 1 aliphatic rings. The van der Waals surface area contributed by atoms with Crippen LogP contribution in [0.1, 0.15) is 30.6 Å². The van der Waals surface area contributed by atoms with Gasteiger partial charge in [0.15, 0.2) is 0 Å². The number of hydrogen-bond acceptors (Lipinski definition) is 3. The molecule has 21 heavy (non-hydrogen) atoms. The minimum absolute atomic E-state index is 0.105. The number of halogens is 1. The van der Waals surface area contributed by atoms with E-state index in [1.165, 1.54) is 0 Å². The third-order valence-corrected chi connectivity index (χ3v) is 4.24. The van der Waals surface area contributed by atoms with Gasteiger partial charge < -0.3 is 15.0 Å². The van der Waals surface area contributed by atoms with Crippen LogP contribution in [0.15, 0.2) is 18.2 Å². The van der Waals surface area contributed by atoms with Crippen molar-refractivity contribution < 1.29 is 9.53 Å². The molecule has 0 aliphatic carbocycles. The molecule has 1 aliphatic heterocycles. The molecule has 5 heteroatoms. The van der Waals surface area contributed by atoms with Crippen LogP contribution in [0.3, 0.4) is 0 Å². The molecule has 0 bridgehead atoms. The highest BCUT2D eigenvalue weighted by Crippen LogP contribution is 2.23. The summed E-state index contributed by atoms with van der Waals surface area (Å²) in [5.41, 5.74) is 0.528. The highest BCUT2D eigenvalue weighted by molar-refractivity contribution is 6.30. The molecule has 1 aromatic carbocycles. The maximum absolute atomic E-state index is 12.3. The molecular formula is C16H23ClN2O2. The molecule has 0 radical (unpaired) electrons. The van der Waals surface area contributed by atoms with Crippen LogP contribution in [0.25, 0.3) is 0 Å². The molecule has 1 aromatic rings. The SMILES string of the molecule is COc1cc(Cl)ccc1C(=O)NC[C@@H]1CCN(C(C)C)C1. The largest absolute Gasteiger partial charge is 0.496 e. The Balaban J connectivity index is 1.91. The lowest BCUT2D eigenvalue weighted by molar-refractivity contribution is 0.0944. The van der Waals surface area contributed by atoms with Crippen molar-refractivity contribution in [2.75, 3.05) is 26.7 Å². The average molecular weight is 311 g/mol. The number of nitrogens with zero attached hydrogens (tertiary/aromatic N) is 1. The minimum Gasteiger partial charge on any atom is -0.496 e. The number of likely N-dealkylation sites (tertiary alicyclic amines) is 1. The lowest BCUT2D eigenvalue weighted by atomic mass is 10.1. The first kappa shape index (κ1) is 16.1. The standard InChI is InChI=1S/C16H23ClN2O2/c1-11(2)19-7-6-12(10-19)9-18-16(20)14-5-4-13(17)8-15(14)21-3/h4-5,8,11-12H,6-7,9-10H2,1-3H3,(H,18,20)/t12-/m0/s1. The average Bonchev–Trinajstić information content (AvgIpc) is 2.93. The van der Waals surface area contributed by atoms with E-state index in [-0.39, 0.29) is 5.91 Å². The Morgan fingerprint density at radius 1 is 1.52 bits per heavy atom. The Morgan fingerprint density at radius 2 is 2.29 bits per heavy atom. The van der Waals surface area contributed by atoms with Crippen molar-refractivity contribution >= 4 is 17.5 Å². The summed E-state index contributed by atoms with van der Waals surface area (Å²) in [6, 6.07) is 5.63. The van der Waals surface area contributed by atoms with Crippen LogP contribution in [0, 0.1) is 5.92 Å². The van der Waals surface area contributed by atoms with Crippen molar-refractivity contribution in [1.29, 1.82) is 0 Å². The summed E-state index contributed by atoms with van der Waals surface area (Å²) >= 11 is 5.91. The van der Waals surface area contributed by atoms with Crippen molar-refractivity contribution in [3.05, 3.63) is 28.8 Å². The van der Waals surface area contributed by atoms with Crippen LogP contribution >= 0.6 is 11.6 Å². The highest BCUT2D eigenvalue weighted by atomic mass is 35.5. The summed E-state index contributed by atoms with van der Waals surface area (Å²) in [5, 5.41) is 3.57. The second-order valence-corrected chi connectivity index (χ2v) is 6.23. The fourth-order valence-electron chi connectivity index (χ4n) is 2.68. The van der Waals surface area contributed by atoms with Gasteiger partial charge in [-0.15, -0.1) is 0 Å². The van der Waals surface area contributed by atoms with E-state index in [0.717, 1.165) is 19.5 Å². The zero-order valence-electron chi connectivity index (χ0n) is 12.9. The van der Waals surface area contributed by atoms with E-state index >= 15 is 0 Å². The molecule has 0 aromatic heterocycles. The van der Waals surface area contributed by atoms with Gasteiger partial charge in [0, 0.05) is 24.2 Å². The molecule has 0 saturated carbocycles. The topological polar surface area (TPSA) is 41.6 Å². The predicted molar refractivity (Wildman–Crippen MR) is 85.2 cm³/mol. The molecule has 116 valence electrons. The Labute approximate surface area is 131 Å². The Kier molecular flexibility index (Phi) is 5.48. The third-order valence-electron chi connectivity index (χ3n) is 4.01. The molecular weight excluding hydrogens is 288 g/mol. The maximum Gasteiger partial charge on any atom is 0.255 e. The van der Waals surface area contributed by atoms with Gasteiger partial charge >= 0.3 is 0 Å². The van der Waals surface area contributed by atoms with Gasteiger partial charge in [-0.2, -0.15) is 0 Å². The van der Waals surface area contributed by atoms with Gasteiger partial charge in [-0.05, 0) is 50.9 Å². The maximum atomic E-state index is 12.3. The molecule has 4 nitrogen and oxygen atoms in total. The Hall–Kier alpha value is -1.26. The van der Waals surface area contributed by atoms with Gasteiger partial charge in [0.2, 0.25) is 0 Å². The molecule has 1 amide bonds. The van der Waals surface area contributed by atoms with Crippen LogP contribution < -0.4 is 10.1 Å². The Morgan fingerprint density at radius 3 is 2.90 bits per heavy atom. The molecule has 2 rings (SSSR count). The zero-order chi connectivity index (χ0) is 15.4. The van der Waals surface area contributed by atoms with E-state index in [4.69, 9.17) is 16.3 Å². The lowest BCUT2D eigenvalue weighted by Crippen LogP contribution is -2.33. The summed E-state index contributed by atoms with van der Waals surface area (Å²) < 4.78 is 5.21. The van der Waals surface area contributed by atoms with Gasteiger partial charge in [-0.1, -0.05) is 11.6 Å². The van der Waals surface area contributed by atoms with Crippen LogP contribution in [-0.2, 0) is 0 Å². The van der Waals surface area contributed by atoms with E-state index in [1.54, 1.807) is 25.3 Å². The Bertz CT molecular complexity index is 505. The molecule has 1 saturated heterocycles. The number of methoxy groups -OCH3 is 1. The number of rotatable bonds is 5. The monoisotopic (exact) mass is 310 g/mol. The van der Waals surface area contributed by atoms with Crippen LogP contribution in [0.5, 0.6) is 5.75 Å². The quantitative estimate of drug-likeness (QED) is 0.909. The first-order valence-electron chi connectivity index (χ1n) is 7.37. The lowest BCUT2D eigenvalue weighted by Gasteiger charge is -2.20. The van der Waals surface area contributed by atoms with Gasteiger partial charge in [0.1, 0.15) is 5.75 Å². The first-order valence-corrected chi connectivity index (χ1v) is 7.75. The summed E-state index contributed by atoms with van der Waals surface area (Å²) in [6.07, 6.45) is 1.14. The molecule has 1 heterocycles. The molecule has 1 N–H and O–H groups in total. The number of nitrogens with one attached hydrogen (secondary N) is 1. The third kappa shape index (κ3) is 4.11. The molecule has 1 fully saturated rings. The van der Waals surface area contributed by atoms with E-state index < -0.39 is 0 Å². The van der Waals surface area contributed by atoms with Crippen LogP contribution in [0.4, 0.5) is 0 Å². The minimum atomic E-state index is -0.105. The van der Waals surface area contributed by atoms with Crippen molar-refractivity contribution in [2.45, 2.75) is 26.3 Å². The number of amides is 1. The van der Waals surface area contributed by atoms with E-state index in [0.29, 0.717) is 34.8 Å². The van der Waals surface area contributed by atoms with Crippen molar-refractivity contribution in [1.82, 2.24) is 10.2 Å². The van der Waals surface area contributed by atoms with E-state index in [2.05, 4.69) is 24.1 Å². The number of hydrogen-bond donors (Lipinski definition) is 1. The normalized spacial score (nSPS) is 19.0. The zero-order valence-corrected chi connectivity index (χ0v) is 13.6. The van der Waals surface area contributed by atoms with Gasteiger partial charge in [0.25, 0.3) is 5.91 Å². The number of ether oxygens (including phenoxy) is 1. The summed E-state index contributed by atoms with van der Waals surface area (Å²) in [6.45, 7) is 7.28. The fourth-order valence-corrected chi connectivity index (χ4v) is 2.85. The molecule has 0 spiro atoms. The van der Waals surface area contributed by atoms with Crippen LogP contribution in [0.2, 0.25) is 5.02 Å². The second kappa shape index (κ2) is 7.14.